The first-order chi connectivity index (χ1) is 11.5. The summed E-state index contributed by atoms with van der Waals surface area (Å²) in [5.41, 5.74) is 0.469. The minimum atomic E-state index is -1.10. The third kappa shape index (κ3) is 3.14. The second-order valence-electron chi connectivity index (χ2n) is 6.38. The summed E-state index contributed by atoms with van der Waals surface area (Å²) in [4.78, 5) is 14.4. The van der Waals surface area contributed by atoms with E-state index < -0.39 is 5.60 Å². The molecule has 3 rings (SSSR count). The van der Waals surface area contributed by atoms with Gasteiger partial charge < -0.3 is 14.7 Å². The molecule has 2 N–H and O–H groups in total. The Morgan fingerprint density at radius 2 is 2.17 bits per heavy atom. The number of carbonyl (C=O) groups is 1. The average Bonchev–Trinajstić information content (AvgIpc) is 3.26. The number of amides is 1. The number of aliphatic hydroxyl groups is 1. The molecule has 2 aromatic rings. The number of aromatic amines is 1. The highest BCUT2D eigenvalue weighted by molar-refractivity contribution is 5.79. The van der Waals surface area contributed by atoms with E-state index in [4.69, 9.17) is 4.74 Å². The fraction of sp³-hybridized carbons (Fsp3) is 0.444. The topological polar surface area (TPSA) is 78.5 Å². The Morgan fingerprint density at radius 3 is 2.79 bits per heavy atom. The van der Waals surface area contributed by atoms with Crippen LogP contribution in [0.2, 0.25) is 0 Å². The van der Waals surface area contributed by atoms with Crippen LogP contribution in [0.5, 0.6) is 5.75 Å². The average molecular weight is 329 g/mol. The lowest BCUT2D eigenvalue weighted by atomic mass is 9.86. The maximum absolute atomic E-state index is 12.6. The number of rotatable bonds is 5. The molecule has 2 heterocycles. The second kappa shape index (κ2) is 6.65. The molecule has 1 aliphatic rings. The molecule has 1 fully saturated rings. The van der Waals surface area contributed by atoms with E-state index in [1.54, 1.807) is 31.2 Å². The molecule has 0 spiro atoms. The monoisotopic (exact) mass is 329 g/mol. The molecule has 6 nitrogen and oxygen atoms in total. The van der Waals surface area contributed by atoms with E-state index in [2.05, 4.69) is 10.2 Å². The first kappa shape index (κ1) is 16.5. The van der Waals surface area contributed by atoms with Crippen LogP contribution in [0, 0.1) is 0 Å². The highest BCUT2D eigenvalue weighted by atomic mass is 16.5. The molecular weight excluding hydrogens is 306 g/mol. The number of methoxy groups -OCH3 is 1. The highest BCUT2D eigenvalue weighted by Gasteiger charge is 2.42. The normalized spacial score (nSPS) is 20.0. The molecule has 1 aliphatic heterocycles. The maximum atomic E-state index is 12.6. The maximum Gasteiger partial charge on any atom is 0.228 e. The molecule has 1 aromatic heterocycles. The van der Waals surface area contributed by atoms with E-state index in [1.165, 1.54) is 0 Å². The minimum Gasteiger partial charge on any atom is -0.497 e. The van der Waals surface area contributed by atoms with Crippen LogP contribution in [-0.2, 0) is 16.8 Å². The van der Waals surface area contributed by atoms with Gasteiger partial charge in [0.05, 0.1) is 19.6 Å². The largest absolute Gasteiger partial charge is 0.497 e. The van der Waals surface area contributed by atoms with Crippen molar-refractivity contribution in [3.8, 4) is 5.75 Å². The van der Waals surface area contributed by atoms with Crippen molar-refractivity contribution in [2.75, 3.05) is 13.7 Å². The molecule has 1 amide bonds. The molecule has 0 unspecified atom stereocenters. The van der Waals surface area contributed by atoms with Gasteiger partial charge in [0, 0.05) is 18.4 Å². The van der Waals surface area contributed by atoms with Crippen molar-refractivity contribution in [2.24, 2.45) is 0 Å². The van der Waals surface area contributed by atoms with Crippen molar-refractivity contribution in [2.45, 2.75) is 37.8 Å². The van der Waals surface area contributed by atoms with Gasteiger partial charge in [0.2, 0.25) is 5.91 Å². The summed E-state index contributed by atoms with van der Waals surface area (Å²) in [7, 11) is 1.61. The molecule has 0 bridgehead atoms. The number of hydrogen-bond donors (Lipinski definition) is 2. The van der Waals surface area contributed by atoms with E-state index in [0.29, 0.717) is 6.54 Å². The summed E-state index contributed by atoms with van der Waals surface area (Å²) in [6.07, 6.45) is 3.59. The zero-order chi connectivity index (χ0) is 17.2. The third-order valence-corrected chi connectivity index (χ3v) is 4.80. The number of ether oxygens (including phenoxy) is 1. The molecule has 2 atom stereocenters. The van der Waals surface area contributed by atoms with Gasteiger partial charge in [-0.05, 0) is 43.5 Å². The lowest BCUT2D eigenvalue weighted by Gasteiger charge is -2.37. The van der Waals surface area contributed by atoms with Crippen molar-refractivity contribution in [3.05, 3.63) is 47.8 Å². The van der Waals surface area contributed by atoms with Crippen molar-refractivity contribution in [1.82, 2.24) is 15.1 Å². The van der Waals surface area contributed by atoms with E-state index in [9.17, 15) is 9.90 Å². The molecule has 1 saturated heterocycles. The second-order valence-corrected chi connectivity index (χ2v) is 6.38. The van der Waals surface area contributed by atoms with Crippen molar-refractivity contribution >= 4 is 5.91 Å². The molecule has 24 heavy (non-hydrogen) atoms. The number of likely N-dealkylation sites (tertiary alicyclic amines) is 1. The first-order valence-corrected chi connectivity index (χ1v) is 8.17. The number of benzene rings is 1. The molecule has 1 aromatic carbocycles. The Hall–Kier alpha value is -2.34. The van der Waals surface area contributed by atoms with Crippen LogP contribution in [0.25, 0.3) is 0 Å². The fourth-order valence-corrected chi connectivity index (χ4v) is 3.42. The molecule has 0 aliphatic carbocycles. The molecule has 6 heteroatoms. The summed E-state index contributed by atoms with van der Waals surface area (Å²) in [5.74, 6) is 0.753. The minimum absolute atomic E-state index is 0.00976. The third-order valence-electron chi connectivity index (χ3n) is 4.80. The van der Waals surface area contributed by atoms with Gasteiger partial charge in [0.1, 0.15) is 11.4 Å². The lowest BCUT2D eigenvalue weighted by molar-refractivity contribution is -0.137. The Bertz CT molecular complexity index is 680. The van der Waals surface area contributed by atoms with Crippen LogP contribution < -0.4 is 4.74 Å². The van der Waals surface area contributed by atoms with Crippen LogP contribution in [0.4, 0.5) is 0 Å². The van der Waals surface area contributed by atoms with Crippen LogP contribution in [-0.4, -0.2) is 45.8 Å². The van der Waals surface area contributed by atoms with E-state index in [0.717, 1.165) is 29.8 Å². The Labute approximate surface area is 141 Å². The number of nitrogens with one attached hydrogen (secondary N) is 1. The summed E-state index contributed by atoms with van der Waals surface area (Å²) in [5, 5.41) is 17.8. The number of hydrogen-bond acceptors (Lipinski definition) is 4. The van der Waals surface area contributed by atoms with Gasteiger partial charge >= 0.3 is 0 Å². The quantitative estimate of drug-likeness (QED) is 0.878. The number of carbonyl (C=O) groups excluding carboxylic acids is 1. The molecule has 128 valence electrons. The van der Waals surface area contributed by atoms with Gasteiger partial charge in [0.15, 0.2) is 0 Å². The SMILES string of the molecule is COc1ccc([C@](C)(O)[C@@H]2CCCN2C(=O)Cc2ccn[nH]2)cc1. The number of H-pyrrole nitrogens is 1. The highest BCUT2D eigenvalue weighted by Crippen LogP contribution is 2.35. The summed E-state index contributed by atoms with van der Waals surface area (Å²) in [6, 6.07) is 8.93. The number of aromatic nitrogens is 2. The standard InChI is InChI=1S/C18H23N3O3/c1-18(23,13-5-7-15(24-2)8-6-13)16-4-3-11-21(16)17(22)12-14-9-10-19-20-14/h5-10,16,23H,3-4,11-12H2,1-2H3,(H,19,20)/t16-,18-/m0/s1. The van der Waals surface area contributed by atoms with E-state index >= 15 is 0 Å². The van der Waals surface area contributed by atoms with Crippen LogP contribution in [0.15, 0.2) is 36.5 Å². The van der Waals surface area contributed by atoms with Crippen molar-refractivity contribution < 1.29 is 14.6 Å². The lowest BCUT2D eigenvalue weighted by Crippen LogP contribution is -2.48. The van der Waals surface area contributed by atoms with Gasteiger partial charge in [-0.15, -0.1) is 0 Å². The Kier molecular flexibility index (Phi) is 4.57. The first-order valence-electron chi connectivity index (χ1n) is 8.17. The summed E-state index contributed by atoms with van der Waals surface area (Å²) in [6.45, 7) is 2.45. The van der Waals surface area contributed by atoms with Crippen LogP contribution in [0.1, 0.15) is 31.0 Å². The van der Waals surface area contributed by atoms with Crippen LogP contribution in [0.3, 0.4) is 0 Å². The van der Waals surface area contributed by atoms with Gasteiger partial charge in [-0.1, -0.05) is 12.1 Å². The predicted octanol–water partition coefficient (Wildman–Crippen LogP) is 1.86. The van der Waals surface area contributed by atoms with E-state index in [-0.39, 0.29) is 18.4 Å². The molecule has 0 radical (unpaired) electrons. The Morgan fingerprint density at radius 1 is 1.42 bits per heavy atom. The molecular formula is C18H23N3O3. The van der Waals surface area contributed by atoms with Crippen molar-refractivity contribution in [1.29, 1.82) is 0 Å². The zero-order valence-electron chi connectivity index (χ0n) is 14.0. The van der Waals surface area contributed by atoms with E-state index in [1.807, 2.05) is 24.3 Å². The van der Waals surface area contributed by atoms with Crippen LogP contribution >= 0.6 is 0 Å². The van der Waals surface area contributed by atoms with Gasteiger partial charge in [-0.25, -0.2) is 0 Å². The summed E-state index contributed by atoms with van der Waals surface area (Å²) >= 11 is 0. The van der Waals surface area contributed by atoms with Gasteiger partial charge in [-0.3, -0.25) is 9.89 Å². The van der Waals surface area contributed by atoms with Gasteiger partial charge in [-0.2, -0.15) is 5.10 Å². The number of nitrogens with zero attached hydrogens (tertiary/aromatic N) is 2. The van der Waals surface area contributed by atoms with Gasteiger partial charge in [0.25, 0.3) is 0 Å². The predicted molar refractivity (Wildman–Crippen MR) is 89.6 cm³/mol. The smallest absolute Gasteiger partial charge is 0.228 e. The zero-order valence-corrected chi connectivity index (χ0v) is 14.0. The molecule has 0 saturated carbocycles. The fourth-order valence-electron chi connectivity index (χ4n) is 3.42. The summed E-state index contributed by atoms with van der Waals surface area (Å²) < 4.78 is 5.17. The van der Waals surface area contributed by atoms with Crippen molar-refractivity contribution in [3.63, 3.8) is 0 Å². The Balaban J connectivity index is 1.78.